The molecule has 1 N–H and O–H groups in total. The third-order valence-corrected chi connectivity index (χ3v) is 1.13. The first-order chi connectivity index (χ1) is 4.95. The van der Waals surface area contributed by atoms with Gasteiger partial charge in [0.2, 0.25) is 0 Å². The van der Waals surface area contributed by atoms with Crippen molar-refractivity contribution in [2.75, 3.05) is 0 Å². The lowest BCUT2D eigenvalue weighted by Gasteiger charge is -2.08. The molecule has 4 nitrogen and oxygen atoms in total. The number of carboxylic acid groups (broad SMARTS) is 1. The summed E-state index contributed by atoms with van der Waals surface area (Å²) in [5, 5.41) is 8.41. The van der Waals surface area contributed by atoms with E-state index in [4.69, 9.17) is 5.11 Å². The minimum absolute atomic E-state index is 0.0370. The molecule has 62 valence electrons. The second-order valence-corrected chi connectivity index (χ2v) is 2.12. The van der Waals surface area contributed by atoms with Crippen molar-refractivity contribution in [3.63, 3.8) is 0 Å². The lowest BCUT2D eigenvalue weighted by Crippen LogP contribution is -2.15. The maximum atomic E-state index is 10.3. The molecular formula is C7H10O4. The number of hydrogen-bond donors (Lipinski definition) is 1. The summed E-state index contributed by atoms with van der Waals surface area (Å²) in [6.45, 7) is 5.88. The Morgan fingerprint density at radius 3 is 2.27 bits per heavy atom. The largest absolute Gasteiger partial charge is 0.481 e. The highest BCUT2D eigenvalue weighted by atomic mass is 16.5. The smallest absolute Gasteiger partial charge is 0.313 e. The van der Waals surface area contributed by atoms with Crippen LogP contribution in [0.25, 0.3) is 0 Å². The van der Waals surface area contributed by atoms with Crippen LogP contribution in [0.2, 0.25) is 0 Å². The van der Waals surface area contributed by atoms with Gasteiger partial charge in [-0.1, -0.05) is 6.58 Å². The summed E-state index contributed by atoms with van der Waals surface area (Å²) in [5.74, 6) is -2.50. The lowest BCUT2D eigenvalue weighted by atomic mass is 10.1. The normalized spacial score (nSPS) is 11.8. The highest BCUT2D eigenvalue weighted by molar-refractivity contribution is 5.74. The predicted molar refractivity (Wildman–Crippen MR) is 37.7 cm³/mol. The van der Waals surface area contributed by atoms with Crippen molar-refractivity contribution in [2.24, 2.45) is 5.92 Å². The van der Waals surface area contributed by atoms with E-state index >= 15 is 0 Å². The van der Waals surface area contributed by atoms with Gasteiger partial charge in [-0.15, -0.1) is 0 Å². The van der Waals surface area contributed by atoms with Crippen LogP contribution < -0.4 is 0 Å². The lowest BCUT2D eigenvalue weighted by molar-refractivity contribution is -0.143. The second kappa shape index (κ2) is 3.75. The van der Waals surface area contributed by atoms with Crippen molar-refractivity contribution in [2.45, 2.75) is 13.8 Å². The van der Waals surface area contributed by atoms with Gasteiger partial charge in [0.05, 0.1) is 0 Å². The quantitative estimate of drug-likeness (QED) is 0.487. The predicted octanol–water partition coefficient (Wildman–Crippen LogP) is 0.784. The number of aliphatic carboxylic acids is 1. The van der Waals surface area contributed by atoms with Gasteiger partial charge in [-0.2, -0.15) is 0 Å². The third-order valence-electron chi connectivity index (χ3n) is 1.13. The van der Waals surface area contributed by atoms with Crippen molar-refractivity contribution in [3.05, 3.63) is 12.3 Å². The van der Waals surface area contributed by atoms with Crippen LogP contribution in [-0.4, -0.2) is 17.0 Å². The average Bonchev–Trinajstić information content (AvgIpc) is 1.84. The van der Waals surface area contributed by atoms with Crippen LogP contribution in [-0.2, 0) is 14.3 Å². The molecular weight excluding hydrogens is 148 g/mol. The minimum Gasteiger partial charge on any atom is -0.481 e. The fourth-order valence-electron chi connectivity index (χ4n) is 0.411. The Labute approximate surface area is 64.5 Å². The van der Waals surface area contributed by atoms with E-state index in [2.05, 4.69) is 11.3 Å². The molecule has 0 aromatic heterocycles. The van der Waals surface area contributed by atoms with Crippen molar-refractivity contribution in [1.82, 2.24) is 0 Å². The Morgan fingerprint density at radius 1 is 1.55 bits per heavy atom. The van der Waals surface area contributed by atoms with Gasteiger partial charge in [-0.25, -0.2) is 0 Å². The summed E-state index contributed by atoms with van der Waals surface area (Å²) in [6.07, 6.45) is 0. The molecule has 0 aliphatic rings. The van der Waals surface area contributed by atoms with E-state index in [-0.39, 0.29) is 5.76 Å². The molecule has 11 heavy (non-hydrogen) atoms. The van der Waals surface area contributed by atoms with E-state index in [0.29, 0.717) is 0 Å². The zero-order chi connectivity index (χ0) is 9.02. The Bertz CT molecular complexity index is 195. The van der Waals surface area contributed by atoms with Gasteiger partial charge < -0.3 is 9.84 Å². The van der Waals surface area contributed by atoms with Crippen LogP contribution in [0, 0.1) is 5.92 Å². The van der Waals surface area contributed by atoms with Gasteiger partial charge >= 0.3 is 11.9 Å². The van der Waals surface area contributed by atoms with E-state index in [1.165, 1.54) is 13.8 Å². The highest BCUT2D eigenvalue weighted by Crippen LogP contribution is 2.09. The van der Waals surface area contributed by atoms with Gasteiger partial charge in [-0.3, -0.25) is 9.59 Å². The van der Waals surface area contributed by atoms with E-state index in [0.717, 1.165) is 0 Å². The monoisotopic (exact) mass is 158 g/mol. The SMILES string of the molecule is C=C(OC(C)=O)C(C)C(=O)O. The number of carbonyl (C=O) groups excluding carboxylic acids is 1. The fourth-order valence-corrected chi connectivity index (χ4v) is 0.411. The van der Waals surface area contributed by atoms with Crippen molar-refractivity contribution < 1.29 is 19.4 Å². The standard InChI is InChI=1S/C7H10O4/c1-4(7(9)10)5(2)11-6(3)8/h4H,2H2,1,3H3,(H,9,10). The molecule has 1 atom stereocenters. The highest BCUT2D eigenvalue weighted by Gasteiger charge is 2.17. The first-order valence-electron chi connectivity index (χ1n) is 3.05. The fraction of sp³-hybridized carbons (Fsp3) is 0.429. The van der Waals surface area contributed by atoms with Gasteiger partial charge in [0, 0.05) is 6.92 Å². The first kappa shape index (κ1) is 9.68. The molecule has 4 heteroatoms. The van der Waals surface area contributed by atoms with Gasteiger partial charge in [-0.05, 0) is 6.92 Å². The average molecular weight is 158 g/mol. The number of carboxylic acids is 1. The van der Waals surface area contributed by atoms with E-state index < -0.39 is 17.9 Å². The summed E-state index contributed by atoms with van der Waals surface area (Å²) in [7, 11) is 0. The molecule has 0 aliphatic carbocycles. The Balaban J connectivity index is 4.04. The van der Waals surface area contributed by atoms with E-state index in [1.54, 1.807) is 0 Å². The van der Waals surface area contributed by atoms with E-state index in [1.807, 2.05) is 0 Å². The third kappa shape index (κ3) is 3.40. The van der Waals surface area contributed by atoms with Crippen LogP contribution in [0.3, 0.4) is 0 Å². The van der Waals surface area contributed by atoms with Crippen molar-refractivity contribution in [3.8, 4) is 0 Å². The summed E-state index contributed by atoms with van der Waals surface area (Å²) < 4.78 is 4.46. The molecule has 0 saturated carbocycles. The van der Waals surface area contributed by atoms with Gasteiger partial charge in [0.25, 0.3) is 0 Å². The maximum Gasteiger partial charge on any atom is 0.313 e. The minimum atomic E-state index is -1.06. The molecule has 0 saturated heterocycles. The molecule has 0 bridgehead atoms. The summed E-state index contributed by atoms with van der Waals surface area (Å²) in [6, 6.07) is 0. The van der Waals surface area contributed by atoms with Crippen LogP contribution >= 0.6 is 0 Å². The molecule has 0 radical (unpaired) electrons. The van der Waals surface area contributed by atoms with Crippen LogP contribution in [0.1, 0.15) is 13.8 Å². The molecule has 0 aromatic rings. The number of rotatable bonds is 3. The molecule has 0 amide bonds. The summed E-state index contributed by atoms with van der Waals surface area (Å²) >= 11 is 0. The molecule has 0 spiro atoms. The molecule has 1 unspecified atom stereocenters. The number of carbonyl (C=O) groups is 2. The van der Waals surface area contributed by atoms with Crippen LogP contribution in [0.15, 0.2) is 12.3 Å². The topological polar surface area (TPSA) is 63.6 Å². The zero-order valence-corrected chi connectivity index (χ0v) is 6.46. The van der Waals surface area contributed by atoms with Crippen LogP contribution in [0.5, 0.6) is 0 Å². The maximum absolute atomic E-state index is 10.3. The molecule has 0 rings (SSSR count). The van der Waals surface area contributed by atoms with Gasteiger partial charge in [0.1, 0.15) is 11.7 Å². The Hall–Kier alpha value is -1.32. The number of ether oxygens (including phenoxy) is 1. The summed E-state index contributed by atoms with van der Waals surface area (Å²) in [5.41, 5.74) is 0. The first-order valence-corrected chi connectivity index (χ1v) is 3.05. The molecule has 0 fully saturated rings. The second-order valence-electron chi connectivity index (χ2n) is 2.12. The molecule has 0 aromatic carbocycles. The molecule has 0 heterocycles. The Kier molecular flexibility index (Phi) is 3.30. The number of esters is 1. The van der Waals surface area contributed by atoms with Crippen molar-refractivity contribution >= 4 is 11.9 Å². The summed E-state index contributed by atoms with van der Waals surface area (Å²) in [4.78, 5) is 20.6. The zero-order valence-electron chi connectivity index (χ0n) is 6.46. The Morgan fingerprint density at radius 2 is 2.00 bits per heavy atom. The molecule has 0 aliphatic heterocycles. The number of hydrogen-bond acceptors (Lipinski definition) is 3. The van der Waals surface area contributed by atoms with Crippen molar-refractivity contribution in [1.29, 1.82) is 0 Å². The van der Waals surface area contributed by atoms with E-state index in [9.17, 15) is 9.59 Å². The van der Waals surface area contributed by atoms with Crippen LogP contribution in [0.4, 0.5) is 0 Å². The van der Waals surface area contributed by atoms with Gasteiger partial charge in [0.15, 0.2) is 0 Å².